The molecule has 4 heteroatoms. The van der Waals surface area contributed by atoms with Crippen molar-refractivity contribution in [2.75, 3.05) is 0 Å². The molecule has 0 spiro atoms. The van der Waals surface area contributed by atoms with E-state index in [1.807, 2.05) is 31.2 Å². The molecule has 0 aliphatic carbocycles. The summed E-state index contributed by atoms with van der Waals surface area (Å²) in [5.41, 5.74) is 6.41. The molecule has 1 aromatic rings. The summed E-state index contributed by atoms with van der Waals surface area (Å²) in [6, 6.07) is 7.58. The van der Waals surface area contributed by atoms with E-state index >= 15 is 0 Å². The van der Waals surface area contributed by atoms with Crippen LogP contribution in [0.2, 0.25) is 5.02 Å². The van der Waals surface area contributed by atoms with E-state index in [9.17, 15) is 0 Å². The lowest BCUT2D eigenvalue weighted by Gasteiger charge is -2.09. The summed E-state index contributed by atoms with van der Waals surface area (Å²) in [6.45, 7) is 2.01. The molecule has 0 radical (unpaired) electrons. The topological polar surface area (TPSA) is 49.9 Å². The van der Waals surface area contributed by atoms with Gasteiger partial charge >= 0.3 is 0 Å². The van der Waals surface area contributed by atoms with Crippen LogP contribution in [0.25, 0.3) is 0 Å². The number of hydrogen-bond acceptors (Lipinski definition) is 2. The molecule has 0 aliphatic rings. The molecule has 0 fully saturated rings. The van der Waals surface area contributed by atoms with E-state index in [2.05, 4.69) is 0 Å². The second kappa shape index (κ2) is 4.53. The first-order valence-electron chi connectivity index (χ1n) is 3.85. The van der Waals surface area contributed by atoms with Gasteiger partial charge in [-0.3, -0.25) is 5.41 Å². The Labute approximate surface area is 87.0 Å². The highest BCUT2D eigenvalue weighted by molar-refractivity contribution is 8.13. The van der Waals surface area contributed by atoms with Gasteiger partial charge in [0, 0.05) is 10.3 Å². The normalized spacial score (nSPS) is 12.5. The van der Waals surface area contributed by atoms with Gasteiger partial charge in [-0.2, -0.15) is 0 Å². The van der Waals surface area contributed by atoms with Crippen LogP contribution in [-0.4, -0.2) is 5.17 Å². The quantitative estimate of drug-likeness (QED) is 0.587. The third-order valence-corrected chi connectivity index (χ3v) is 2.77. The average Bonchev–Trinajstić information content (AvgIpc) is 2.04. The first kappa shape index (κ1) is 10.4. The lowest BCUT2D eigenvalue weighted by atomic mass is 10.2. The van der Waals surface area contributed by atoms with Gasteiger partial charge in [0.25, 0.3) is 0 Å². The van der Waals surface area contributed by atoms with Gasteiger partial charge in [0.2, 0.25) is 0 Å². The summed E-state index contributed by atoms with van der Waals surface area (Å²) in [5, 5.41) is 8.20. The molecule has 0 aliphatic heterocycles. The SMILES string of the molecule is C[C@H](SC(=N)N)c1ccc(Cl)cc1. The third-order valence-electron chi connectivity index (χ3n) is 1.64. The van der Waals surface area contributed by atoms with E-state index in [0.29, 0.717) is 0 Å². The third kappa shape index (κ3) is 3.28. The van der Waals surface area contributed by atoms with Crippen LogP contribution in [0.5, 0.6) is 0 Å². The van der Waals surface area contributed by atoms with E-state index in [-0.39, 0.29) is 10.4 Å². The minimum atomic E-state index is 0.141. The number of thioether (sulfide) groups is 1. The molecule has 0 unspecified atom stereocenters. The predicted octanol–water partition coefficient (Wildman–Crippen LogP) is 3.03. The summed E-state index contributed by atoms with van der Waals surface area (Å²) in [4.78, 5) is 0. The first-order chi connectivity index (χ1) is 6.09. The molecule has 0 saturated carbocycles. The molecular formula is C9H11ClN2S. The van der Waals surface area contributed by atoms with Crippen molar-refractivity contribution >= 4 is 28.5 Å². The fourth-order valence-corrected chi connectivity index (χ4v) is 1.79. The van der Waals surface area contributed by atoms with E-state index in [1.54, 1.807) is 0 Å². The van der Waals surface area contributed by atoms with Crippen LogP contribution in [0, 0.1) is 5.41 Å². The summed E-state index contributed by atoms with van der Waals surface area (Å²) in [6.07, 6.45) is 0. The Morgan fingerprint density at radius 3 is 2.46 bits per heavy atom. The minimum absolute atomic E-state index is 0.141. The van der Waals surface area contributed by atoms with Crippen molar-refractivity contribution in [3.05, 3.63) is 34.9 Å². The molecular weight excluding hydrogens is 204 g/mol. The summed E-state index contributed by atoms with van der Waals surface area (Å²) < 4.78 is 0. The molecule has 0 bridgehead atoms. The average molecular weight is 215 g/mol. The van der Waals surface area contributed by atoms with Crippen molar-refractivity contribution in [3.63, 3.8) is 0 Å². The van der Waals surface area contributed by atoms with Crippen LogP contribution in [0.15, 0.2) is 24.3 Å². The minimum Gasteiger partial charge on any atom is -0.379 e. The monoisotopic (exact) mass is 214 g/mol. The van der Waals surface area contributed by atoms with Gasteiger partial charge in [-0.15, -0.1) is 0 Å². The Morgan fingerprint density at radius 2 is 2.00 bits per heavy atom. The molecule has 2 nitrogen and oxygen atoms in total. The summed E-state index contributed by atoms with van der Waals surface area (Å²) >= 11 is 7.08. The molecule has 0 saturated heterocycles. The van der Waals surface area contributed by atoms with E-state index < -0.39 is 0 Å². The number of halogens is 1. The molecule has 0 heterocycles. The Hall–Kier alpha value is -0.670. The molecule has 13 heavy (non-hydrogen) atoms. The largest absolute Gasteiger partial charge is 0.379 e. The first-order valence-corrected chi connectivity index (χ1v) is 5.11. The van der Waals surface area contributed by atoms with Gasteiger partial charge < -0.3 is 5.73 Å². The van der Waals surface area contributed by atoms with Crippen LogP contribution in [-0.2, 0) is 0 Å². The van der Waals surface area contributed by atoms with Crippen molar-refractivity contribution in [2.24, 2.45) is 5.73 Å². The zero-order valence-corrected chi connectivity index (χ0v) is 8.82. The van der Waals surface area contributed by atoms with Gasteiger partial charge in [0.1, 0.15) is 0 Å². The van der Waals surface area contributed by atoms with Crippen LogP contribution in [0.3, 0.4) is 0 Å². The standard InChI is InChI=1S/C9H11ClN2S/c1-6(13-9(11)12)7-2-4-8(10)5-3-7/h2-6H,1H3,(H3,11,12)/t6-/m0/s1. The van der Waals surface area contributed by atoms with Crippen molar-refractivity contribution in [2.45, 2.75) is 12.2 Å². The van der Waals surface area contributed by atoms with E-state index in [4.69, 9.17) is 22.7 Å². The fourth-order valence-electron chi connectivity index (χ4n) is 0.992. The maximum atomic E-state index is 7.13. The Kier molecular flexibility index (Phi) is 3.63. The number of amidine groups is 1. The number of nitrogens with two attached hydrogens (primary N) is 1. The van der Waals surface area contributed by atoms with Crippen molar-refractivity contribution in [1.29, 1.82) is 5.41 Å². The highest BCUT2D eigenvalue weighted by Gasteiger charge is 2.06. The van der Waals surface area contributed by atoms with Crippen molar-refractivity contribution < 1.29 is 0 Å². The van der Waals surface area contributed by atoms with Gasteiger partial charge in [0.05, 0.1) is 0 Å². The predicted molar refractivity (Wildman–Crippen MR) is 59.4 cm³/mol. The lowest BCUT2D eigenvalue weighted by Crippen LogP contribution is -2.05. The fraction of sp³-hybridized carbons (Fsp3) is 0.222. The molecule has 1 atom stereocenters. The number of rotatable bonds is 2. The summed E-state index contributed by atoms with van der Waals surface area (Å²) in [7, 11) is 0. The molecule has 1 rings (SSSR count). The Bertz CT molecular complexity index is 297. The van der Waals surface area contributed by atoms with E-state index in [1.165, 1.54) is 11.8 Å². The smallest absolute Gasteiger partial charge is 0.151 e. The molecule has 0 aromatic heterocycles. The second-order valence-electron chi connectivity index (χ2n) is 2.68. The van der Waals surface area contributed by atoms with Gasteiger partial charge in [0.15, 0.2) is 5.17 Å². The van der Waals surface area contributed by atoms with Gasteiger partial charge in [-0.1, -0.05) is 35.5 Å². The van der Waals surface area contributed by atoms with Crippen molar-refractivity contribution in [1.82, 2.24) is 0 Å². The zero-order valence-electron chi connectivity index (χ0n) is 7.25. The molecule has 3 N–H and O–H groups in total. The number of nitrogens with one attached hydrogen (secondary N) is 1. The van der Waals surface area contributed by atoms with Crippen LogP contribution >= 0.6 is 23.4 Å². The highest BCUT2D eigenvalue weighted by Crippen LogP contribution is 2.28. The molecule has 70 valence electrons. The Balaban J connectivity index is 2.71. The number of hydrogen-bond donors (Lipinski definition) is 2. The van der Waals surface area contributed by atoms with Crippen LogP contribution in [0.4, 0.5) is 0 Å². The maximum Gasteiger partial charge on any atom is 0.151 e. The number of benzene rings is 1. The summed E-state index contributed by atoms with van der Waals surface area (Å²) in [5.74, 6) is 0. The Morgan fingerprint density at radius 1 is 1.46 bits per heavy atom. The maximum absolute atomic E-state index is 7.13. The lowest BCUT2D eigenvalue weighted by molar-refractivity contribution is 1.11. The molecule has 1 aromatic carbocycles. The van der Waals surface area contributed by atoms with Crippen LogP contribution < -0.4 is 5.73 Å². The van der Waals surface area contributed by atoms with Crippen LogP contribution in [0.1, 0.15) is 17.7 Å². The zero-order chi connectivity index (χ0) is 9.84. The van der Waals surface area contributed by atoms with Crippen molar-refractivity contribution in [3.8, 4) is 0 Å². The highest BCUT2D eigenvalue weighted by atomic mass is 35.5. The second-order valence-corrected chi connectivity index (χ2v) is 4.49. The molecule has 0 amide bonds. The van der Waals surface area contributed by atoms with E-state index in [0.717, 1.165) is 10.6 Å². The van der Waals surface area contributed by atoms with Gasteiger partial charge in [-0.05, 0) is 24.6 Å². The van der Waals surface area contributed by atoms with Gasteiger partial charge in [-0.25, -0.2) is 0 Å².